The van der Waals surface area contributed by atoms with Gasteiger partial charge in [-0.2, -0.15) is 0 Å². The normalized spacial score (nSPS) is 10.5. The first-order valence-corrected chi connectivity index (χ1v) is 7.02. The lowest BCUT2D eigenvalue weighted by Crippen LogP contribution is -2.27. The highest BCUT2D eigenvalue weighted by atomic mass is 16.3. The Hall–Kier alpha value is -2.95. The number of benzene rings is 2. The Kier molecular flexibility index (Phi) is 3.96. The minimum Gasteiger partial charge on any atom is -0.505 e. The van der Waals surface area contributed by atoms with Crippen LogP contribution in [0.1, 0.15) is 16.1 Å². The molecule has 0 fully saturated rings. The summed E-state index contributed by atoms with van der Waals surface area (Å²) in [6.07, 6.45) is 0.717. The lowest BCUT2D eigenvalue weighted by molar-refractivity contribution is 0.0945. The van der Waals surface area contributed by atoms with E-state index in [1.54, 1.807) is 24.3 Å². The summed E-state index contributed by atoms with van der Waals surface area (Å²) in [5.41, 5.74) is 1.64. The third-order valence-corrected chi connectivity index (χ3v) is 3.40. The van der Waals surface area contributed by atoms with Crippen LogP contribution in [-0.4, -0.2) is 27.8 Å². The van der Waals surface area contributed by atoms with Crippen molar-refractivity contribution in [3.63, 3.8) is 0 Å². The van der Waals surface area contributed by atoms with E-state index in [4.69, 9.17) is 0 Å². The van der Waals surface area contributed by atoms with Gasteiger partial charge in [0.1, 0.15) is 0 Å². The number of hydrogen-bond acceptors (Lipinski definition) is 4. The molecule has 0 aliphatic heterocycles. The zero-order valence-corrected chi connectivity index (χ0v) is 11.9. The highest BCUT2D eigenvalue weighted by Gasteiger charge is 2.16. The van der Waals surface area contributed by atoms with Crippen LogP contribution in [0.5, 0.6) is 5.75 Å². The van der Waals surface area contributed by atoms with E-state index < -0.39 is 5.91 Å². The summed E-state index contributed by atoms with van der Waals surface area (Å²) in [5.74, 6) is -0.561. The van der Waals surface area contributed by atoms with Crippen LogP contribution in [0, 0.1) is 0 Å². The number of fused-ring (bicyclic) bond motifs is 1. The maximum atomic E-state index is 12.1. The van der Waals surface area contributed by atoms with Crippen molar-refractivity contribution in [3.05, 3.63) is 65.9 Å². The molecule has 1 heterocycles. The van der Waals surface area contributed by atoms with E-state index in [2.05, 4.69) is 15.5 Å². The van der Waals surface area contributed by atoms with Crippen LogP contribution in [-0.2, 0) is 6.42 Å². The lowest BCUT2D eigenvalue weighted by Gasteiger charge is -2.07. The Morgan fingerprint density at radius 3 is 2.55 bits per heavy atom. The number of nitrogens with zero attached hydrogens (tertiary/aromatic N) is 2. The molecular formula is C17H15N3O2. The molecule has 2 aromatic carbocycles. The Morgan fingerprint density at radius 2 is 1.73 bits per heavy atom. The number of carbonyl (C=O) groups is 1. The summed E-state index contributed by atoms with van der Waals surface area (Å²) < 4.78 is 0. The van der Waals surface area contributed by atoms with Crippen molar-refractivity contribution >= 4 is 16.8 Å². The van der Waals surface area contributed by atoms with Crippen molar-refractivity contribution in [2.45, 2.75) is 6.42 Å². The van der Waals surface area contributed by atoms with Crippen molar-refractivity contribution in [3.8, 4) is 5.75 Å². The molecule has 0 radical (unpaired) electrons. The Morgan fingerprint density at radius 1 is 1.00 bits per heavy atom. The zero-order valence-electron chi connectivity index (χ0n) is 11.9. The lowest BCUT2D eigenvalue weighted by atomic mass is 10.1. The van der Waals surface area contributed by atoms with Crippen LogP contribution in [0.15, 0.2) is 54.6 Å². The quantitative estimate of drug-likeness (QED) is 0.774. The molecule has 2 N–H and O–H groups in total. The van der Waals surface area contributed by atoms with Gasteiger partial charge in [-0.1, -0.05) is 42.5 Å². The molecule has 0 saturated heterocycles. The van der Waals surface area contributed by atoms with Crippen LogP contribution < -0.4 is 5.32 Å². The van der Waals surface area contributed by atoms with Gasteiger partial charge in [0.05, 0.1) is 5.52 Å². The molecule has 0 spiro atoms. The Labute approximate surface area is 127 Å². The molecule has 1 aromatic heterocycles. The van der Waals surface area contributed by atoms with Crippen molar-refractivity contribution < 1.29 is 9.90 Å². The monoisotopic (exact) mass is 293 g/mol. The first-order chi connectivity index (χ1) is 10.8. The van der Waals surface area contributed by atoms with E-state index in [0.717, 1.165) is 5.56 Å². The van der Waals surface area contributed by atoms with Crippen LogP contribution >= 0.6 is 0 Å². The summed E-state index contributed by atoms with van der Waals surface area (Å²) in [4.78, 5) is 12.1. The second-order valence-electron chi connectivity index (χ2n) is 4.91. The van der Waals surface area contributed by atoms with Crippen molar-refractivity contribution in [1.82, 2.24) is 15.5 Å². The number of carbonyl (C=O) groups excluding carboxylic acids is 1. The van der Waals surface area contributed by atoms with Gasteiger partial charge in [-0.05, 0) is 24.1 Å². The van der Waals surface area contributed by atoms with E-state index in [1.807, 2.05) is 30.3 Å². The molecule has 5 heteroatoms. The minimum absolute atomic E-state index is 0.0493. The SMILES string of the molecule is O=C(NCCc1ccccc1)c1nnc2ccccc2c1O. The second kappa shape index (κ2) is 6.22. The minimum atomic E-state index is -0.424. The van der Waals surface area contributed by atoms with Crippen molar-refractivity contribution in [2.75, 3.05) is 6.54 Å². The molecule has 0 bridgehead atoms. The molecule has 110 valence electrons. The van der Waals surface area contributed by atoms with E-state index in [-0.39, 0.29) is 11.4 Å². The molecule has 22 heavy (non-hydrogen) atoms. The van der Waals surface area contributed by atoms with E-state index in [9.17, 15) is 9.90 Å². The maximum absolute atomic E-state index is 12.1. The van der Waals surface area contributed by atoms with Gasteiger partial charge in [0.15, 0.2) is 11.4 Å². The first kappa shape index (κ1) is 14.0. The fourth-order valence-corrected chi connectivity index (χ4v) is 2.24. The molecule has 0 aliphatic rings. The average molecular weight is 293 g/mol. The molecular weight excluding hydrogens is 278 g/mol. The molecule has 3 rings (SSSR count). The van der Waals surface area contributed by atoms with Gasteiger partial charge in [0.25, 0.3) is 5.91 Å². The third kappa shape index (κ3) is 2.88. The number of aromatic nitrogens is 2. The highest BCUT2D eigenvalue weighted by molar-refractivity contribution is 6.00. The molecule has 0 aliphatic carbocycles. The highest BCUT2D eigenvalue weighted by Crippen LogP contribution is 2.24. The topological polar surface area (TPSA) is 75.1 Å². The largest absolute Gasteiger partial charge is 0.505 e. The van der Waals surface area contributed by atoms with E-state index in [0.29, 0.717) is 23.9 Å². The second-order valence-corrected chi connectivity index (χ2v) is 4.91. The fraction of sp³-hybridized carbons (Fsp3) is 0.118. The van der Waals surface area contributed by atoms with Crippen molar-refractivity contribution in [2.24, 2.45) is 0 Å². The third-order valence-electron chi connectivity index (χ3n) is 3.40. The Bertz CT molecular complexity index is 803. The molecule has 0 unspecified atom stereocenters. The number of rotatable bonds is 4. The fourth-order valence-electron chi connectivity index (χ4n) is 2.24. The molecule has 5 nitrogen and oxygen atoms in total. The average Bonchev–Trinajstić information content (AvgIpc) is 2.56. The summed E-state index contributed by atoms with van der Waals surface area (Å²) in [5, 5.41) is 21.2. The van der Waals surface area contributed by atoms with Crippen LogP contribution in [0.3, 0.4) is 0 Å². The van der Waals surface area contributed by atoms with Gasteiger partial charge in [-0.3, -0.25) is 4.79 Å². The molecule has 0 atom stereocenters. The standard InChI is InChI=1S/C17H15N3O2/c21-16-13-8-4-5-9-14(13)19-20-15(16)17(22)18-11-10-12-6-2-1-3-7-12/h1-9H,10-11H2,(H,18,22)(H,19,21). The van der Waals surface area contributed by atoms with Gasteiger partial charge in [0.2, 0.25) is 0 Å². The number of nitrogens with one attached hydrogen (secondary N) is 1. The van der Waals surface area contributed by atoms with Gasteiger partial charge in [0, 0.05) is 11.9 Å². The predicted molar refractivity (Wildman–Crippen MR) is 83.7 cm³/mol. The maximum Gasteiger partial charge on any atom is 0.275 e. The zero-order chi connectivity index (χ0) is 15.4. The summed E-state index contributed by atoms with van der Waals surface area (Å²) in [6, 6.07) is 16.9. The van der Waals surface area contributed by atoms with E-state index >= 15 is 0 Å². The van der Waals surface area contributed by atoms with Crippen LogP contribution in [0.2, 0.25) is 0 Å². The van der Waals surface area contributed by atoms with E-state index in [1.165, 1.54) is 0 Å². The number of aromatic hydroxyl groups is 1. The van der Waals surface area contributed by atoms with Gasteiger partial charge < -0.3 is 10.4 Å². The summed E-state index contributed by atoms with van der Waals surface area (Å²) in [6.45, 7) is 0.469. The molecule has 1 amide bonds. The molecule has 0 saturated carbocycles. The van der Waals surface area contributed by atoms with Gasteiger partial charge >= 0.3 is 0 Å². The molecule has 3 aromatic rings. The number of amides is 1. The summed E-state index contributed by atoms with van der Waals surface area (Å²) in [7, 11) is 0. The smallest absolute Gasteiger partial charge is 0.275 e. The van der Waals surface area contributed by atoms with Gasteiger partial charge in [-0.25, -0.2) is 0 Å². The van der Waals surface area contributed by atoms with Crippen molar-refractivity contribution in [1.29, 1.82) is 0 Å². The predicted octanol–water partition coefficient (Wildman–Crippen LogP) is 2.31. The summed E-state index contributed by atoms with van der Waals surface area (Å²) >= 11 is 0. The first-order valence-electron chi connectivity index (χ1n) is 7.02. The number of hydrogen-bond donors (Lipinski definition) is 2. The van der Waals surface area contributed by atoms with Crippen LogP contribution in [0.4, 0.5) is 0 Å². The van der Waals surface area contributed by atoms with Crippen LogP contribution in [0.25, 0.3) is 10.9 Å². The van der Waals surface area contributed by atoms with Gasteiger partial charge in [-0.15, -0.1) is 10.2 Å². The Balaban J connectivity index is 1.71.